The predicted octanol–water partition coefficient (Wildman–Crippen LogP) is 3.32. The molecule has 9 heteroatoms. The van der Waals surface area contributed by atoms with Gasteiger partial charge in [-0.2, -0.15) is 5.10 Å². The van der Waals surface area contributed by atoms with Gasteiger partial charge in [0.25, 0.3) is 5.91 Å². The summed E-state index contributed by atoms with van der Waals surface area (Å²) in [5.74, 6) is -2.83. The lowest BCUT2D eigenvalue weighted by Gasteiger charge is -2.18. The molecule has 0 aliphatic carbocycles. The van der Waals surface area contributed by atoms with Crippen molar-refractivity contribution in [2.45, 2.75) is 12.5 Å². The van der Waals surface area contributed by atoms with Gasteiger partial charge in [-0.3, -0.25) is 9.59 Å². The molecule has 0 fully saturated rings. The first-order chi connectivity index (χ1) is 13.3. The predicted molar refractivity (Wildman–Crippen MR) is 99.1 cm³/mol. The highest BCUT2D eigenvalue weighted by molar-refractivity contribution is 6.31. The molecular formula is C19H15ClFN3O4. The van der Waals surface area contributed by atoms with Crippen LogP contribution in [0.25, 0.3) is 5.69 Å². The third-order valence-electron chi connectivity index (χ3n) is 3.94. The number of amides is 1. The minimum Gasteiger partial charge on any atom is -0.493 e. The summed E-state index contributed by atoms with van der Waals surface area (Å²) in [6.45, 7) is 0. The van der Waals surface area contributed by atoms with Crippen LogP contribution < -0.4 is 5.32 Å². The van der Waals surface area contributed by atoms with E-state index in [1.807, 2.05) is 0 Å². The maximum Gasteiger partial charge on any atom is 0.305 e. The molecule has 1 unspecified atom stereocenters. The highest BCUT2D eigenvalue weighted by atomic mass is 35.5. The summed E-state index contributed by atoms with van der Waals surface area (Å²) in [4.78, 5) is 23.8. The molecule has 1 amide bonds. The molecule has 0 spiro atoms. The van der Waals surface area contributed by atoms with E-state index in [1.165, 1.54) is 6.07 Å². The van der Waals surface area contributed by atoms with Crippen LogP contribution in [0, 0.1) is 5.82 Å². The van der Waals surface area contributed by atoms with Crippen LogP contribution in [0.5, 0.6) is 5.88 Å². The Morgan fingerprint density at radius 2 is 1.89 bits per heavy atom. The van der Waals surface area contributed by atoms with Gasteiger partial charge in [0.2, 0.25) is 5.88 Å². The molecule has 0 radical (unpaired) electrons. The fraction of sp³-hybridized carbons (Fsp3) is 0.105. The molecule has 0 saturated heterocycles. The molecule has 2 aromatic carbocycles. The van der Waals surface area contributed by atoms with Crippen molar-refractivity contribution in [1.82, 2.24) is 15.1 Å². The zero-order chi connectivity index (χ0) is 20.3. The van der Waals surface area contributed by atoms with Gasteiger partial charge in [0.1, 0.15) is 5.82 Å². The second kappa shape index (κ2) is 8.10. The minimum atomic E-state index is -1.21. The lowest BCUT2D eigenvalue weighted by Crippen LogP contribution is -2.31. The molecule has 1 heterocycles. The summed E-state index contributed by atoms with van der Waals surface area (Å²) in [6, 6.07) is 12.2. The van der Waals surface area contributed by atoms with E-state index in [4.69, 9.17) is 16.7 Å². The average Bonchev–Trinajstić information content (AvgIpc) is 3.05. The van der Waals surface area contributed by atoms with Crippen LogP contribution in [0.3, 0.4) is 0 Å². The van der Waals surface area contributed by atoms with Gasteiger partial charge in [0.15, 0.2) is 5.69 Å². The van der Waals surface area contributed by atoms with Crippen LogP contribution in [-0.2, 0) is 4.79 Å². The van der Waals surface area contributed by atoms with Gasteiger partial charge >= 0.3 is 5.97 Å². The number of halogens is 2. The van der Waals surface area contributed by atoms with Gasteiger partial charge in [0, 0.05) is 11.1 Å². The van der Waals surface area contributed by atoms with Crippen LogP contribution in [0.15, 0.2) is 54.6 Å². The molecule has 7 nitrogen and oxygen atoms in total. The number of hydrogen-bond donors (Lipinski definition) is 3. The molecule has 0 aliphatic rings. The van der Waals surface area contributed by atoms with Gasteiger partial charge in [-0.05, 0) is 35.9 Å². The Bertz CT molecular complexity index is 1020. The van der Waals surface area contributed by atoms with Crippen molar-refractivity contribution < 1.29 is 24.2 Å². The average molecular weight is 404 g/mol. The first-order valence-corrected chi connectivity index (χ1v) is 8.55. The Morgan fingerprint density at radius 1 is 1.18 bits per heavy atom. The van der Waals surface area contributed by atoms with Gasteiger partial charge in [0.05, 0.1) is 18.2 Å². The minimum absolute atomic E-state index is 0.116. The van der Waals surface area contributed by atoms with Gasteiger partial charge in [-0.25, -0.2) is 9.07 Å². The number of carboxylic acids is 1. The lowest BCUT2D eigenvalue weighted by atomic mass is 10.0. The standard InChI is InChI=1S/C19H15ClFN3O4/c20-14-7-6-11(21)8-13(14)15(10-18(26)27)22-19(28)16-9-17(25)24(23-16)12-4-2-1-3-5-12/h1-9,15,25H,10H2,(H,22,28)(H,26,27). The van der Waals surface area contributed by atoms with Gasteiger partial charge < -0.3 is 15.5 Å². The van der Waals surface area contributed by atoms with Crippen LogP contribution in [0.2, 0.25) is 5.02 Å². The van der Waals surface area contributed by atoms with Crippen LogP contribution in [0.4, 0.5) is 4.39 Å². The van der Waals surface area contributed by atoms with E-state index >= 15 is 0 Å². The number of nitrogens with zero attached hydrogens (tertiary/aromatic N) is 2. The molecule has 1 atom stereocenters. The number of hydrogen-bond acceptors (Lipinski definition) is 4. The molecule has 28 heavy (non-hydrogen) atoms. The van der Waals surface area contributed by atoms with Gasteiger partial charge in [-0.1, -0.05) is 29.8 Å². The van der Waals surface area contributed by atoms with Crippen molar-refractivity contribution in [1.29, 1.82) is 0 Å². The van der Waals surface area contributed by atoms with E-state index in [1.54, 1.807) is 30.3 Å². The second-order valence-corrected chi connectivity index (χ2v) is 6.33. The number of para-hydroxylation sites is 1. The second-order valence-electron chi connectivity index (χ2n) is 5.92. The van der Waals surface area contributed by atoms with Crippen molar-refractivity contribution in [3.8, 4) is 11.6 Å². The number of aromatic hydroxyl groups is 1. The number of aromatic nitrogens is 2. The number of carbonyl (C=O) groups excluding carboxylic acids is 1. The fourth-order valence-corrected chi connectivity index (χ4v) is 2.92. The van der Waals surface area contributed by atoms with Crippen molar-refractivity contribution in [3.05, 3.63) is 76.7 Å². The zero-order valence-corrected chi connectivity index (χ0v) is 15.1. The highest BCUT2D eigenvalue weighted by Crippen LogP contribution is 2.27. The maximum atomic E-state index is 13.6. The topological polar surface area (TPSA) is 104 Å². The number of nitrogens with one attached hydrogen (secondary N) is 1. The Hall–Kier alpha value is -3.39. The first kappa shape index (κ1) is 19.4. The summed E-state index contributed by atoms with van der Waals surface area (Å²) in [7, 11) is 0. The van der Waals surface area contributed by atoms with E-state index in [9.17, 15) is 19.1 Å². The summed E-state index contributed by atoms with van der Waals surface area (Å²) >= 11 is 6.04. The molecule has 0 aliphatic heterocycles. The van der Waals surface area contributed by atoms with E-state index < -0.39 is 30.2 Å². The summed E-state index contributed by atoms with van der Waals surface area (Å²) in [5, 5.41) is 25.8. The first-order valence-electron chi connectivity index (χ1n) is 8.17. The molecule has 3 N–H and O–H groups in total. The number of carbonyl (C=O) groups is 2. The number of carboxylic acid groups (broad SMARTS) is 1. The zero-order valence-electron chi connectivity index (χ0n) is 14.3. The van der Waals surface area contributed by atoms with Crippen molar-refractivity contribution in [2.24, 2.45) is 0 Å². The number of benzene rings is 2. The molecular weight excluding hydrogens is 389 g/mol. The summed E-state index contributed by atoms with van der Waals surface area (Å²) in [6.07, 6.45) is -0.514. The van der Waals surface area contributed by atoms with E-state index in [0.717, 1.165) is 22.9 Å². The highest BCUT2D eigenvalue weighted by Gasteiger charge is 2.24. The quantitative estimate of drug-likeness (QED) is 0.585. The third kappa shape index (κ3) is 4.29. The summed E-state index contributed by atoms with van der Waals surface area (Å²) in [5.41, 5.74) is 0.530. The molecule has 0 bridgehead atoms. The van der Waals surface area contributed by atoms with Crippen molar-refractivity contribution in [2.75, 3.05) is 0 Å². The SMILES string of the molecule is O=C(O)CC(NC(=O)c1cc(O)n(-c2ccccc2)n1)c1cc(F)ccc1Cl. The number of rotatable bonds is 6. The fourth-order valence-electron chi connectivity index (χ4n) is 2.67. The monoisotopic (exact) mass is 403 g/mol. The van der Waals surface area contributed by atoms with Crippen LogP contribution in [-0.4, -0.2) is 31.9 Å². The number of aliphatic carboxylic acids is 1. The van der Waals surface area contributed by atoms with Crippen molar-refractivity contribution in [3.63, 3.8) is 0 Å². The van der Waals surface area contributed by atoms with Crippen molar-refractivity contribution >= 4 is 23.5 Å². The molecule has 3 aromatic rings. The Labute approximate surface area is 164 Å². The maximum absolute atomic E-state index is 13.6. The normalized spacial score (nSPS) is 11.8. The molecule has 144 valence electrons. The largest absolute Gasteiger partial charge is 0.493 e. The van der Waals surface area contributed by atoms with Crippen LogP contribution >= 0.6 is 11.6 Å². The Balaban J connectivity index is 1.88. The van der Waals surface area contributed by atoms with E-state index in [2.05, 4.69) is 10.4 Å². The van der Waals surface area contributed by atoms with E-state index in [-0.39, 0.29) is 22.2 Å². The Kier molecular flexibility index (Phi) is 5.60. The Morgan fingerprint density at radius 3 is 2.57 bits per heavy atom. The molecule has 0 saturated carbocycles. The van der Waals surface area contributed by atoms with Crippen LogP contribution in [0.1, 0.15) is 28.5 Å². The summed E-state index contributed by atoms with van der Waals surface area (Å²) < 4.78 is 14.7. The van der Waals surface area contributed by atoms with Gasteiger partial charge in [-0.15, -0.1) is 0 Å². The van der Waals surface area contributed by atoms with E-state index in [0.29, 0.717) is 5.69 Å². The lowest BCUT2D eigenvalue weighted by molar-refractivity contribution is -0.137. The smallest absolute Gasteiger partial charge is 0.305 e. The molecule has 3 rings (SSSR count). The third-order valence-corrected chi connectivity index (χ3v) is 4.29. The molecule has 1 aromatic heterocycles.